The van der Waals surface area contributed by atoms with Crippen molar-refractivity contribution in [3.63, 3.8) is 0 Å². The number of hydrogen-bond acceptors (Lipinski definition) is 4. The standard InChI is InChI=1S/C22H29N5O/c1-16-2-5-21(25-13-16)26-9-6-17(7-10-26)15-28-20-4-3-18-8-11-27(22(23)24)14-19(18)12-20/h2-5,12-13,17H,6-11,14-15H2,1H3,(H3,23,24). The third-order valence-corrected chi connectivity index (χ3v) is 5.85. The fourth-order valence-corrected chi connectivity index (χ4v) is 4.02. The van der Waals surface area contributed by atoms with Gasteiger partial charge in [-0.25, -0.2) is 4.98 Å². The molecule has 2 aromatic rings. The summed E-state index contributed by atoms with van der Waals surface area (Å²) in [5.41, 5.74) is 9.40. The number of nitrogens with two attached hydrogens (primary N) is 1. The molecule has 0 unspecified atom stereocenters. The van der Waals surface area contributed by atoms with Crippen LogP contribution in [0.4, 0.5) is 5.82 Å². The maximum Gasteiger partial charge on any atom is 0.188 e. The summed E-state index contributed by atoms with van der Waals surface area (Å²) in [4.78, 5) is 8.82. The van der Waals surface area contributed by atoms with Crippen LogP contribution in [0.15, 0.2) is 36.5 Å². The van der Waals surface area contributed by atoms with E-state index in [0.29, 0.717) is 12.5 Å². The Kier molecular flexibility index (Phi) is 5.37. The molecule has 1 fully saturated rings. The van der Waals surface area contributed by atoms with Crippen LogP contribution in [0.25, 0.3) is 0 Å². The van der Waals surface area contributed by atoms with Gasteiger partial charge in [0.05, 0.1) is 6.61 Å². The van der Waals surface area contributed by atoms with E-state index in [1.165, 1.54) is 16.7 Å². The number of aromatic nitrogens is 1. The summed E-state index contributed by atoms with van der Waals surface area (Å²) in [6.45, 7) is 6.40. The van der Waals surface area contributed by atoms with E-state index in [2.05, 4.69) is 47.1 Å². The third kappa shape index (κ3) is 4.21. The monoisotopic (exact) mass is 379 g/mol. The largest absolute Gasteiger partial charge is 0.493 e. The van der Waals surface area contributed by atoms with Crippen molar-refractivity contribution in [1.82, 2.24) is 9.88 Å². The lowest BCUT2D eigenvalue weighted by atomic mass is 9.97. The minimum Gasteiger partial charge on any atom is -0.493 e. The number of ether oxygens (including phenoxy) is 1. The Morgan fingerprint density at radius 1 is 1.18 bits per heavy atom. The molecule has 0 radical (unpaired) electrons. The van der Waals surface area contributed by atoms with Crippen molar-refractivity contribution in [3.05, 3.63) is 53.2 Å². The number of piperidine rings is 1. The Morgan fingerprint density at radius 3 is 2.71 bits per heavy atom. The number of rotatable bonds is 4. The third-order valence-electron chi connectivity index (χ3n) is 5.85. The molecule has 1 aromatic heterocycles. The molecule has 1 aromatic carbocycles. The van der Waals surface area contributed by atoms with Crippen LogP contribution in [0, 0.1) is 18.3 Å². The molecule has 0 amide bonds. The molecule has 2 aliphatic rings. The number of anilines is 1. The normalized spacial score (nSPS) is 17.3. The van der Waals surface area contributed by atoms with Gasteiger partial charge in [0.25, 0.3) is 0 Å². The summed E-state index contributed by atoms with van der Waals surface area (Å²) in [6, 6.07) is 10.6. The van der Waals surface area contributed by atoms with Gasteiger partial charge in [-0.1, -0.05) is 12.1 Å². The molecule has 4 rings (SSSR count). The Balaban J connectivity index is 1.29. The average molecular weight is 380 g/mol. The molecule has 0 saturated carbocycles. The first-order valence-electron chi connectivity index (χ1n) is 10.1. The second kappa shape index (κ2) is 8.09. The molecule has 28 heavy (non-hydrogen) atoms. The fraction of sp³-hybridized carbons (Fsp3) is 0.455. The average Bonchev–Trinajstić information content (AvgIpc) is 2.72. The molecule has 6 heteroatoms. The van der Waals surface area contributed by atoms with Crippen LogP contribution in [0.2, 0.25) is 0 Å². The lowest BCUT2D eigenvalue weighted by molar-refractivity contribution is 0.222. The van der Waals surface area contributed by atoms with Gasteiger partial charge in [-0.3, -0.25) is 5.41 Å². The van der Waals surface area contributed by atoms with Crippen LogP contribution in [-0.4, -0.2) is 42.1 Å². The predicted molar refractivity (Wildman–Crippen MR) is 112 cm³/mol. The minimum absolute atomic E-state index is 0.145. The van der Waals surface area contributed by atoms with E-state index in [9.17, 15) is 0 Å². The van der Waals surface area contributed by atoms with Gasteiger partial charge in [0.15, 0.2) is 5.96 Å². The van der Waals surface area contributed by atoms with Crippen LogP contribution in [0.5, 0.6) is 5.75 Å². The lowest BCUT2D eigenvalue weighted by Crippen LogP contribution is -2.40. The van der Waals surface area contributed by atoms with Crippen molar-refractivity contribution in [1.29, 1.82) is 5.41 Å². The Bertz CT molecular complexity index is 827. The zero-order valence-electron chi connectivity index (χ0n) is 16.5. The summed E-state index contributed by atoms with van der Waals surface area (Å²) in [5.74, 6) is 2.72. The molecule has 6 nitrogen and oxygen atoms in total. The molecule has 3 heterocycles. The van der Waals surface area contributed by atoms with E-state index in [1.54, 1.807) is 0 Å². The Labute approximate surface area is 166 Å². The molecule has 1 saturated heterocycles. The van der Waals surface area contributed by atoms with E-state index < -0.39 is 0 Å². The summed E-state index contributed by atoms with van der Waals surface area (Å²) >= 11 is 0. The smallest absolute Gasteiger partial charge is 0.188 e. The molecule has 148 valence electrons. The number of nitrogens with one attached hydrogen (secondary N) is 1. The first-order valence-corrected chi connectivity index (χ1v) is 10.1. The van der Waals surface area contributed by atoms with Gasteiger partial charge < -0.3 is 20.3 Å². The summed E-state index contributed by atoms with van der Waals surface area (Å²) in [6.07, 6.45) is 5.12. The number of hydrogen-bond donors (Lipinski definition) is 2. The van der Waals surface area contributed by atoms with Gasteiger partial charge in [-0.05, 0) is 67.0 Å². The molecular formula is C22H29N5O. The van der Waals surface area contributed by atoms with Gasteiger partial charge >= 0.3 is 0 Å². The summed E-state index contributed by atoms with van der Waals surface area (Å²) < 4.78 is 6.13. The van der Waals surface area contributed by atoms with Gasteiger partial charge in [0.1, 0.15) is 11.6 Å². The number of nitrogens with zero attached hydrogens (tertiary/aromatic N) is 3. The first-order chi connectivity index (χ1) is 13.6. The van der Waals surface area contributed by atoms with Gasteiger partial charge in [0.2, 0.25) is 0 Å². The maximum absolute atomic E-state index is 7.65. The molecule has 2 aliphatic heterocycles. The predicted octanol–water partition coefficient (Wildman–Crippen LogP) is 2.94. The molecule has 0 spiro atoms. The summed E-state index contributed by atoms with van der Waals surface area (Å²) in [7, 11) is 0. The summed E-state index contributed by atoms with van der Waals surface area (Å²) in [5, 5.41) is 7.65. The van der Waals surface area contributed by atoms with E-state index >= 15 is 0 Å². The van der Waals surface area contributed by atoms with E-state index in [-0.39, 0.29) is 5.96 Å². The highest BCUT2D eigenvalue weighted by atomic mass is 16.5. The number of fused-ring (bicyclic) bond motifs is 1. The van der Waals surface area contributed by atoms with Gasteiger partial charge in [-0.15, -0.1) is 0 Å². The van der Waals surface area contributed by atoms with Crippen LogP contribution in [-0.2, 0) is 13.0 Å². The molecule has 0 aliphatic carbocycles. The van der Waals surface area contributed by atoms with Gasteiger partial charge in [0, 0.05) is 32.4 Å². The fourth-order valence-electron chi connectivity index (χ4n) is 4.02. The number of pyridine rings is 1. The van der Waals surface area contributed by atoms with Crippen molar-refractivity contribution in [2.24, 2.45) is 11.7 Å². The van der Waals surface area contributed by atoms with E-state index in [1.807, 2.05) is 11.1 Å². The maximum atomic E-state index is 7.65. The zero-order chi connectivity index (χ0) is 19.5. The number of aryl methyl sites for hydroxylation is 1. The Hall–Kier alpha value is -2.76. The van der Waals surface area contributed by atoms with E-state index in [0.717, 1.165) is 57.1 Å². The van der Waals surface area contributed by atoms with Crippen LogP contribution in [0.3, 0.4) is 0 Å². The SMILES string of the molecule is Cc1ccc(N2CCC(COc3ccc4c(c3)CN(C(=N)N)CC4)CC2)nc1. The first kappa shape index (κ1) is 18.6. The minimum atomic E-state index is 0.145. The lowest BCUT2D eigenvalue weighted by Gasteiger charge is -2.33. The second-order valence-corrected chi connectivity index (χ2v) is 7.92. The quantitative estimate of drug-likeness (QED) is 0.631. The molecule has 0 atom stereocenters. The van der Waals surface area contributed by atoms with Crippen molar-refractivity contribution >= 4 is 11.8 Å². The highest BCUT2D eigenvalue weighted by molar-refractivity contribution is 5.75. The number of guanidine groups is 1. The van der Waals surface area contributed by atoms with Crippen molar-refractivity contribution in [2.75, 3.05) is 31.1 Å². The highest BCUT2D eigenvalue weighted by Gasteiger charge is 2.21. The topological polar surface area (TPSA) is 78.5 Å². The molecule has 3 N–H and O–H groups in total. The van der Waals surface area contributed by atoms with Crippen molar-refractivity contribution in [2.45, 2.75) is 32.7 Å². The van der Waals surface area contributed by atoms with E-state index in [4.69, 9.17) is 15.9 Å². The van der Waals surface area contributed by atoms with Crippen LogP contribution >= 0.6 is 0 Å². The highest BCUT2D eigenvalue weighted by Crippen LogP contribution is 2.26. The van der Waals surface area contributed by atoms with Crippen molar-refractivity contribution < 1.29 is 4.74 Å². The van der Waals surface area contributed by atoms with Crippen LogP contribution in [0.1, 0.15) is 29.5 Å². The second-order valence-electron chi connectivity index (χ2n) is 7.92. The molecular weight excluding hydrogens is 350 g/mol. The van der Waals surface area contributed by atoms with Crippen LogP contribution < -0.4 is 15.4 Å². The van der Waals surface area contributed by atoms with Crippen molar-refractivity contribution in [3.8, 4) is 5.75 Å². The number of benzene rings is 1. The Morgan fingerprint density at radius 2 is 2.00 bits per heavy atom. The van der Waals surface area contributed by atoms with Gasteiger partial charge in [-0.2, -0.15) is 0 Å². The zero-order valence-corrected chi connectivity index (χ0v) is 16.5. The molecule has 0 bridgehead atoms.